The summed E-state index contributed by atoms with van der Waals surface area (Å²) in [6.07, 6.45) is 0. The van der Waals surface area contributed by atoms with Gasteiger partial charge in [-0.25, -0.2) is 0 Å². The minimum Gasteiger partial charge on any atom is -0.489 e. The first-order valence-corrected chi connectivity index (χ1v) is 10.4. The normalized spacial score (nSPS) is 10.7. The first-order valence-electron chi connectivity index (χ1n) is 9.48. The molecule has 2 heterocycles. The molecule has 0 bridgehead atoms. The number of carbonyl (C=O) groups excluding carboxylic acids is 2. The number of ether oxygens (including phenoxy) is 1. The Hall–Kier alpha value is -3.58. The number of hydrogen-bond acceptors (Lipinski definition) is 4. The van der Waals surface area contributed by atoms with E-state index in [1.54, 1.807) is 17.4 Å². The summed E-state index contributed by atoms with van der Waals surface area (Å²) >= 11 is 1.58. The topological polar surface area (TPSA) is 72.4 Å². The van der Waals surface area contributed by atoms with Gasteiger partial charge in [0.15, 0.2) is 0 Å². The Morgan fingerprint density at radius 1 is 1.03 bits per heavy atom. The zero-order valence-electron chi connectivity index (χ0n) is 16.4. The number of hydrogen-bond donors (Lipinski definition) is 2. The molecule has 0 aliphatic rings. The van der Waals surface area contributed by atoms with Crippen molar-refractivity contribution in [2.24, 2.45) is 7.05 Å². The van der Waals surface area contributed by atoms with Crippen molar-refractivity contribution in [2.75, 3.05) is 11.9 Å². The molecule has 0 fully saturated rings. The third-order valence-corrected chi connectivity index (χ3v) is 5.52. The number of thiophene rings is 1. The summed E-state index contributed by atoms with van der Waals surface area (Å²) in [4.78, 5) is 24.7. The molecule has 2 N–H and O–H groups in total. The summed E-state index contributed by atoms with van der Waals surface area (Å²) in [6, 6.07) is 20.8. The van der Waals surface area contributed by atoms with Gasteiger partial charge in [0.25, 0.3) is 5.91 Å². The molecule has 2 aromatic carbocycles. The fourth-order valence-corrected chi connectivity index (χ4v) is 4.00. The molecule has 6 nitrogen and oxygen atoms in total. The lowest BCUT2D eigenvalue weighted by molar-refractivity contribution is -0.115. The van der Waals surface area contributed by atoms with Crippen LogP contribution < -0.4 is 15.4 Å². The van der Waals surface area contributed by atoms with Crippen LogP contribution in [0, 0.1) is 0 Å². The van der Waals surface area contributed by atoms with Crippen LogP contribution in [0.4, 0.5) is 5.69 Å². The van der Waals surface area contributed by atoms with Gasteiger partial charge in [-0.1, -0.05) is 30.3 Å². The predicted molar refractivity (Wildman–Crippen MR) is 119 cm³/mol. The Balaban J connectivity index is 1.31. The number of carbonyl (C=O) groups is 2. The van der Waals surface area contributed by atoms with Gasteiger partial charge < -0.3 is 19.9 Å². The molecule has 152 valence electrons. The minimum atomic E-state index is -0.291. The molecule has 0 radical (unpaired) electrons. The Labute approximate surface area is 178 Å². The van der Waals surface area contributed by atoms with Crippen molar-refractivity contribution in [3.63, 3.8) is 0 Å². The van der Waals surface area contributed by atoms with Crippen molar-refractivity contribution in [2.45, 2.75) is 6.61 Å². The molecule has 0 atom stereocenters. The highest BCUT2D eigenvalue weighted by molar-refractivity contribution is 7.17. The molecule has 0 unspecified atom stereocenters. The summed E-state index contributed by atoms with van der Waals surface area (Å²) in [6.45, 7) is 0.289. The highest BCUT2D eigenvalue weighted by atomic mass is 32.1. The molecule has 0 spiro atoms. The van der Waals surface area contributed by atoms with E-state index in [9.17, 15) is 9.59 Å². The SMILES string of the molecule is Cn1c(C(=O)NCC(=O)Nc2cccc(COc3ccccc3)c2)cc2sccc21. The van der Waals surface area contributed by atoms with Crippen LogP contribution >= 0.6 is 11.3 Å². The summed E-state index contributed by atoms with van der Waals surface area (Å²) < 4.78 is 8.61. The zero-order valence-corrected chi connectivity index (χ0v) is 17.2. The third-order valence-electron chi connectivity index (χ3n) is 4.67. The summed E-state index contributed by atoms with van der Waals surface area (Å²) in [7, 11) is 1.84. The fourth-order valence-electron chi connectivity index (χ4n) is 3.15. The van der Waals surface area contributed by atoms with Gasteiger partial charge >= 0.3 is 0 Å². The van der Waals surface area contributed by atoms with Crippen molar-refractivity contribution in [3.8, 4) is 5.75 Å². The highest BCUT2D eigenvalue weighted by Gasteiger charge is 2.15. The van der Waals surface area contributed by atoms with Gasteiger partial charge in [-0.05, 0) is 47.3 Å². The molecule has 0 aliphatic carbocycles. The number of aromatic nitrogens is 1. The molecule has 2 aromatic heterocycles. The number of para-hydroxylation sites is 1. The van der Waals surface area contributed by atoms with Gasteiger partial charge in [0.05, 0.1) is 16.8 Å². The number of nitrogens with zero attached hydrogens (tertiary/aromatic N) is 1. The average molecular weight is 420 g/mol. The minimum absolute atomic E-state index is 0.109. The standard InChI is InChI=1S/C23H21N3O3S/c1-26-19-10-11-30-21(19)13-20(26)23(28)24-14-22(27)25-17-7-5-6-16(12-17)15-29-18-8-3-2-4-9-18/h2-13H,14-15H2,1H3,(H,24,28)(H,25,27). The first kappa shape index (κ1) is 19.7. The van der Waals surface area contributed by atoms with Gasteiger partial charge in [0.2, 0.25) is 5.91 Å². The van der Waals surface area contributed by atoms with Crippen molar-refractivity contribution in [1.82, 2.24) is 9.88 Å². The Morgan fingerprint density at radius 3 is 2.67 bits per heavy atom. The lowest BCUT2D eigenvalue weighted by Crippen LogP contribution is -2.33. The molecule has 0 aliphatic heterocycles. The first-order chi connectivity index (χ1) is 14.6. The van der Waals surface area contributed by atoms with Crippen LogP contribution in [0.5, 0.6) is 5.75 Å². The number of anilines is 1. The van der Waals surface area contributed by atoms with E-state index in [0.717, 1.165) is 21.5 Å². The van der Waals surface area contributed by atoms with Gasteiger partial charge in [0.1, 0.15) is 18.1 Å². The monoisotopic (exact) mass is 419 g/mol. The van der Waals surface area contributed by atoms with Crippen molar-refractivity contribution in [1.29, 1.82) is 0 Å². The maximum absolute atomic E-state index is 12.4. The van der Waals surface area contributed by atoms with Crippen LogP contribution in [0.2, 0.25) is 0 Å². The van der Waals surface area contributed by atoms with Crippen LogP contribution in [-0.4, -0.2) is 22.9 Å². The zero-order chi connectivity index (χ0) is 20.9. The number of rotatable bonds is 7. The summed E-state index contributed by atoms with van der Waals surface area (Å²) in [5.74, 6) is 0.219. The maximum atomic E-state index is 12.4. The van der Waals surface area contributed by atoms with Gasteiger partial charge in [0, 0.05) is 12.7 Å². The van der Waals surface area contributed by atoms with E-state index in [-0.39, 0.29) is 18.4 Å². The van der Waals surface area contributed by atoms with Crippen LogP contribution in [0.15, 0.2) is 72.1 Å². The highest BCUT2D eigenvalue weighted by Crippen LogP contribution is 2.24. The van der Waals surface area contributed by atoms with E-state index in [1.807, 2.05) is 77.7 Å². The molecule has 4 rings (SSSR count). The van der Waals surface area contributed by atoms with Crippen LogP contribution in [0.3, 0.4) is 0 Å². The lowest BCUT2D eigenvalue weighted by Gasteiger charge is -2.10. The number of aryl methyl sites for hydroxylation is 1. The maximum Gasteiger partial charge on any atom is 0.268 e. The van der Waals surface area contributed by atoms with Crippen LogP contribution in [-0.2, 0) is 18.4 Å². The Kier molecular flexibility index (Phi) is 5.81. The smallest absolute Gasteiger partial charge is 0.268 e. The molecule has 2 amide bonds. The summed E-state index contributed by atoms with van der Waals surface area (Å²) in [5, 5.41) is 7.47. The predicted octanol–water partition coefficient (Wildman–Crippen LogP) is 4.19. The average Bonchev–Trinajstić information content (AvgIpc) is 3.35. The van der Waals surface area contributed by atoms with Gasteiger partial charge in [-0.15, -0.1) is 11.3 Å². The van der Waals surface area contributed by atoms with E-state index < -0.39 is 0 Å². The molecule has 0 saturated heterocycles. The summed E-state index contributed by atoms with van der Waals surface area (Å²) in [5.41, 5.74) is 3.13. The van der Waals surface area contributed by atoms with E-state index >= 15 is 0 Å². The van der Waals surface area contributed by atoms with Crippen LogP contribution in [0.25, 0.3) is 10.2 Å². The van der Waals surface area contributed by atoms with Crippen molar-refractivity contribution < 1.29 is 14.3 Å². The molecule has 4 aromatic rings. The largest absolute Gasteiger partial charge is 0.489 e. The quantitative estimate of drug-likeness (QED) is 0.472. The lowest BCUT2D eigenvalue weighted by atomic mass is 10.2. The number of fused-ring (bicyclic) bond motifs is 1. The Morgan fingerprint density at radius 2 is 1.87 bits per heavy atom. The second-order valence-electron chi connectivity index (χ2n) is 6.79. The van der Waals surface area contributed by atoms with E-state index in [1.165, 1.54) is 0 Å². The van der Waals surface area contributed by atoms with Crippen LogP contribution in [0.1, 0.15) is 16.1 Å². The second kappa shape index (κ2) is 8.84. The molecular formula is C23H21N3O3S. The Bertz CT molecular complexity index is 1180. The third kappa shape index (κ3) is 4.52. The number of nitrogens with one attached hydrogen (secondary N) is 2. The van der Waals surface area contributed by atoms with Gasteiger partial charge in [-0.2, -0.15) is 0 Å². The van der Waals surface area contributed by atoms with E-state index in [2.05, 4.69) is 10.6 Å². The van der Waals surface area contributed by atoms with E-state index in [0.29, 0.717) is 18.0 Å². The molecule has 7 heteroatoms. The number of amides is 2. The molecule has 0 saturated carbocycles. The van der Waals surface area contributed by atoms with E-state index in [4.69, 9.17) is 4.74 Å². The molecule has 30 heavy (non-hydrogen) atoms. The fraction of sp³-hybridized carbons (Fsp3) is 0.130. The second-order valence-corrected chi connectivity index (χ2v) is 7.74. The number of benzene rings is 2. The van der Waals surface area contributed by atoms with Gasteiger partial charge in [-0.3, -0.25) is 9.59 Å². The van der Waals surface area contributed by atoms with Crippen molar-refractivity contribution >= 4 is 39.1 Å². The van der Waals surface area contributed by atoms with Crippen molar-refractivity contribution in [3.05, 3.63) is 83.4 Å². The molecular weight excluding hydrogens is 398 g/mol.